The molecule has 2 aromatic carbocycles. The fourth-order valence-electron chi connectivity index (χ4n) is 4.27. The summed E-state index contributed by atoms with van der Waals surface area (Å²) in [5.74, 6) is 0.510. The molecule has 0 amide bonds. The van der Waals surface area contributed by atoms with Crippen molar-refractivity contribution in [3.05, 3.63) is 100 Å². The van der Waals surface area contributed by atoms with E-state index in [4.69, 9.17) is 4.74 Å². The molecule has 40 heavy (non-hydrogen) atoms. The summed E-state index contributed by atoms with van der Waals surface area (Å²) in [6.07, 6.45) is -1.56. The lowest BCUT2D eigenvalue weighted by Crippen LogP contribution is -2.10. The quantitative estimate of drug-likeness (QED) is 0.129. The van der Waals surface area contributed by atoms with Crippen molar-refractivity contribution in [2.24, 2.45) is 7.05 Å². The number of allylic oxidation sites excluding steroid dienone is 1. The van der Waals surface area contributed by atoms with Crippen LogP contribution in [0.5, 0.6) is 5.75 Å². The fourth-order valence-corrected chi connectivity index (χ4v) is 5.25. The first-order chi connectivity index (χ1) is 19.0. The van der Waals surface area contributed by atoms with E-state index < -0.39 is 11.9 Å². The second-order valence-electron chi connectivity index (χ2n) is 8.94. The van der Waals surface area contributed by atoms with Gasteiger partial charge in [0.05, 0.1) is 23.9 Å². The Labute approximate surface area is 234 Å². The Morgan fingerprint density at radius 3 is 2.48 bits per heavy atom. The summed E-state index contributed by atoms with van der Waals surface area (Å²) in [6.45, 7) is 3.60. The van der Waals surface area contributed by atoms with Gasteiger partial charge in [0.2, 0.25) is 0 Å². The lowest BCUT2D eigenvalue weighted by atomic mass is 10.0. The predicted molar refractivity (Wildman–Crippen MR) is 148 cm³/mol. The summed E-state index contributed by atoms with van der Waals surface area (Å²) >= 11 is 1.01. The predicted octanol–water partition coefficient (Wildman–Crippen LogP) is 7.19. The number of carbonyl (C=O) groups is 1. The number of benzene rings is 2. The number of alkyl halides is 3. The van der Waals surface area contributed by atoms with Crippen LogP contribution in [0.3, 0.4) is 0 Å². The van der Waals surface area contributed by atoms with Crippen LogP contribution in [0.4, 0.5) is 13.2 Å². The van der Waals surface area contributed by atoms with Crippen LogP contribution >= 0.6 is 11.8 Å². The number of nitrogens with zero attached hydrogens (tertiary/aromatic N) is 4. The molecule has 0 spiro atoms. The minimum Gasteiger partial charge on any atom is -0.496 e. The molecule has 0 unspecified atom stereocenters. The number of carbonyl (C=O) groups excluding carboxylic acids is 1. The number of aromatic nitrogens is 3. The van der Waals surface area contributed by atoms with E-state index in [0.717, 1.165) is 23.5 Å². The largest absolute Gasteiger partial charge is 0.496 e. The number of hydrogen-bond acceptors (Lipinski definition) is 6. The van der Waals surface area contributed by atoms with Gasteiger partial charge in [-0.3, -0.25) is 9.48 Å². The monoisotopic (exact) mass is 562 g/mol. The van der Waals surface area contributed by atoms with E-state index in [1.165, 1.54) is 13.2 Å². The van der Waals surface area contributed by atoms with E-state index in [-0.39, 0.29) is 27.7 Å². The van der Waals surface area contributed by atoms with E-state index in [2.05, 4.69) is 10.1 Å². The molecule has 10 heteroatoms. The molecule has 204 valence electrons. The highest BCUT2D eigenvalue weighted by atomic mass is 32.2. The molecule has 0 atom stereocenters. The first kappa shape index (κ1) is 28.6. The van der Waals surface area contributed by atoms with Gasteiger partial charge in [0.1, 0.15) is 22.5 Å². The molecule has 0 aliphatic heterocycles. The molecule has 0 saturated heterocycles. The van der Waals surface area contributed by atoms with E-state index >= 15 is 0 Å². The zero-order valence-electron chi connectivity index (χ0n) is 22.2. The first-order valence-electron chi connectivity index (χ1n) is 12.1. The molecule has 0 saturated carbocycles. The van der Waals surface area contributed by atoms with Crippen LogP contribution in [0, 0.1) is 25.2 Å². The summed E-state index contributed by atoms with van der Waals surface area (Å²) in [7, 11) is 3.27. The SMILES string of the molecule is COc1ccc(/C=C/C(=O)c2c(C)nn(C)c2C)cc1CSc1nc(C(F)(F)F)cc(-c2ccccc2)c1C#N. The fraction of sp³-hybridized carbons (Fsp3) is 0.200. The molecule has 4 aromatic rings. The standard InChI is InChI=1S/C30H25F3N4O2S/c1-18-28(19(2)37(3)36-18)25(38)12-10-20-11-13-26(39-4)22(14-20)17-40-29-24(16-34)23(21-8-6-5-7-9-21)15-27(35-29)30(31,32)33/h5-15H,17H2,1-4H3/b12-10+. The second kappa shape index (κ2) is 11.8. The Morgan fingerprint density at radius 1 is 1.15 bits per heavy atom. The number of nitriles is 1. The van der Waals surface area contributed by atoms with E-state index in [1.54, 1.807) is 73.3 Å². The Kier molecular flexibility index (Phi) is 8.45. The lowest BCUT2D eigenvalue weighted by Gasteiger charge is -2.15. The lowest BCUT2D eigenvalue weighted by molar-refractivity contribution is -0.141. The molecule has 4 rings (SSSR count). The van der Waals surface area contributed by atoms with Crippen LogP contribution in [-0.4, -0.2) is 27.7 Å². The summed E-state index contributed by atoms with van der Waals surface area (Å²) in [5.41, 5.74) is 2.94. The number of ether oxygens (including phenoxy) is 1. The number of aryl methyl sites for hydroxylation is 2. The van der Waals surface area contributed by atoms with Crippen molar-refractivity contribution in [3.63, 3.8) is 0 Å². The Morgan fingerprint density at radius 2 is 1.88 bits per heavy atom. The van der Waals surface area contributed by atoms with Crippen LogP contribution in [0.1, 0.15) is 44.1 Å². The summed E-state index contributed by atoms with van der Waals surface area (Å²) in [5, 5.41) is 14.1. The Hall–Kier alpha value is -4.36. The van der Waals surface area contributed by atoms with Crippen LogP contribution in [0.25, 0.3) is 17.2 Å². The van der Waals surface area contributed by atoms with Gasteiger partial charge in [-0.15, -0.1) is 11.8 Å². The van der Waals surface area contributed by atoms with Gasteiger partial charge in [-0.05, 0) is 49.2 Å². The van der Waals surface area contributed by atoms with Crippen LogP contribution in [-0.2, 0) is 19.0 Å². The number of rotatable bonds is 8. The summed E-state index contributed by atoms with van der Waals surface area (Å²) < 4.78 is 48.3. The van der Waals surface area contributed by atoms with Gasteiger partial charge in [-0.2, -0.15) is 23.5 Å². The van der Waals surface area contributed by atoms with E-state index in [9.17, 15) is 23.2 Å². The van der Waals surface area contributed by atoms with E-state index in [0.29, 0.717) is 33.7 Å². The van der Waals surface area contributed by atoms with Crippen molar-refractivity contribution >= 4 is 23.6 Å². The highest BCUT2D eigenvalue weighted by Gasteiger charge is 2.34. The molecule has 0 aliphatic rings. The van der Waals surface area contributed by atoms with Gasteiger partial charge < -0.3 is 4.74 Å². The molecule has 0 fully saturated rings. The summed E-state index contributed by atoms with van der Waals surface area (Å²) in [6, 6.07) is 16.7. The minimum atomic E-state index is -4.69. The van der Waals surface area contributed by atoms with Gasteiger partial charge in [-0.25, -0.2) is 4.98 Å². The van der Waals surface area contributed by atoms with Crippen molar-refractivity contribution in [3.8, 4) is 22.9 Å². The van der Waals surface area contributed by atoms with Crippen molar-refractivity contribution in [2.75, 3.05) is 7.11 Å². The highest BCUT2D eigenvalue weighted by Crippen LogP contribution is 2.38. The molecule has 0 radical (unpaired) electrons. The van der Waals surface area contributed by atoms with Gasteiger partial charge in [0, 0.05) is 29.6 Å². The average Bonchev–Trinajstić information content (AvgIpc) is 3.20. The van der Waals surface area contributed by atoms with Gasteiger partial charge >= 0.3 is 6.18 Å². The number of hydrogen-bond donors (Lipinski definition) is 0. The molecule has 0 aliphatic carbocycles. The van der Waals surface area contributed by atoms with Gasteiger partial charge in [-0.1, -0.05) is 42.5 Å². The Bertz CT molecular complexity index is 1640. The molecule has 0 N–H and O–H groups in total. The minimum absolute atomic E-state index is 0.0307. The molecule has 6 nitrogen and oxygen atoms in total. The molecular weight excluding hydrogens is 537 g/mol. The van der Waals surface area contributed by atoms with Crippen molar-refractivity contribution in [1.29, 1.82) is 5.26 Å². The number of methoxy groups -OCH3 is 1. The van der Waals surface area contributed by atoms with Crippen molar-refractivity contribution in [1.82, 2.24) is 14.8 Å². The van der Waals surface area contributed by atoms with Crippen molar-refractivity contribution in [2.45, 2.75) is 30.8 Å². The van der Waals surface area contributed by atoms with Crippen LogP contribution in [0.15, 0.2) is 65.7 Å². The number of pyridine rings is 1. The first-order valence-corrected chi connectivity index (χ1v) is 13.1. The van der Waals surface area contributed by atoms with Gasteiger partial charge in [0.25, 0.3) is 0 Å². The normalized spacial score (nSPS) is 11.6. The maximum Gasteiger partial charge on any atom is 0.433 e. The Balaban J connectivity index is 1.66. The van der Waals surface area contributed by atoms with Crippen LogP contribution < -0.4 is 4.74 Å². The topological polar surface area (TPSA) is 80.8 Å². The molecular formula is C30H25F3N4O2S. The van der Waals surface area contributed by atoms with Crippen molar-refractivity contribution < 1.29 is 22.7 Å². The third-order valence-electron chi connectivity index (χ3n) is 6.32. The summed E-state index contributed by atoms with van der Waals surface area (Å²) in [4.78, 5) is 16.6. The zero-order valence-corrected chi connectivity index (χ0v) is 23.0. The van der Waals surface area contributed by atoms with Crippen LogP contribution in [0.2, 0.25) is 0 Å². The third kappa shape index (κ3) is 6.10. The maximum absolute atomic E-state index is 13.7. The third-order valence-corrected chi connectivity index (χ3v) is 7.35. The van der Waals surface area contributed by atoms with Gasteiger partial charge in [0.15, 0.2) is 5.78 Å². The smallest absolute Gasteiger partial charge is 0.433 e. The maximum atomic E-state index is 13.7. The van der Waals surface area contributed by atoms with E-state index in [1.807, 2.05) is 13.0 Å². The number of halogens is 3. The molecule has 2 heterocycles. The number of ketones is 1. The average molecular weight is 563 g/mol. The molecule has 2 aromatic heterocycles. The molecule has 0 bridgehead atoms. The second-order valence-corrected chi connectivity index (χ2v) is 9.90. The zero-order chi connectivity index (χ0) is 29.0. The number of thioether (sulfide) groups is 1. The highest BCUT2D eigenvalue weighted by molar-refractivity contribution is 7.98.